The van der Waals surface area contributed by atoms with E-state index in [1.807, 2.05) is 26.8 Å². The van der Waals surface area contributed by atoms with Gasteiger partial charge in [0.1, 0.15) is 5.56 Å². The molecule has 0 radical (unpaired) electrons. The summed E-state index contributed by atoms with van der Waals surface area (Å²) in [4.78, 5) is 37.9. The summed E-state index contributed by atoms with van der Waals surface area (Å²) in [7, 11) is 0. The van der Waals surface area contributed by atoms with Crippen LogP contribution in [0.3, 0.4) is 0 Å². The first-order valence-electron chi connectivity index (χ1n) is 8.28. The van der Waals surface area contributed by atoms with Crippen LogP contribution in [0.4, 0.5) is 0 Å². The maximum atomic E-state index is 12.8. The number of aromatic amines is 1. The van der Waals surface area contributed by atoms with Crippen LogP contribution in [0.1, 0.15) is 64.6 Å². The number of nitrogens with one attached hydrogen (secondary N) is 1. The second-order valence-electron chi connectivity index (χ2n) is 7.05. The molecule has 0 bridgehead atoms. The summed E-state index contributed by atoms with van der Waals surface area (Å²) in [6.45, 7) is 7.99. The average molecular weight is 326 g/mol. The normalized spacial score (nSPS) is 16.1. The highest BCUT2D eigenvalue weighted by Gasteiger charge is 2.36. The zero-order chi connectivity index (χ0) is 17.6. The van der Waals surface area contributed by atoms with Crippen LogP contribution in [0, 0.1) is 12.3 Å². The van der Waals surface area contributed by atoms with Gasteiger partial charge in [-0.3, -0.25) is 19.1 Å². The lowest BCUT2D eigenvalue weighted by Crippen LogP contribution is -2.32. The Morgan fingerprint density at radius 1 is 1.25 bits per heavy atom. The van der Waals surface area contributed by atoms with Crippen LogP contribution in [0.15, 0.2) is 23.1 Å². The third kappa shape index (κ3) is 2.35. The van der Waals surface area contributed by atoms with Gasteiger partial charge in [0.05, 0.1) is 0 Å². The van der Waals surface area contributed by atoms with Crippen LogP contribution < -0.4 is 5.56 Å². The lowest BCUT2D eigenvalue weighted by atomic mass is 9.71. The maximum absolute atomic E-state index is 12.8. The van der Waals surface area contributed by atoms with Crippen LogP contribution in [-0.4, -0.2) is 21.3 Å². The molecule has 0 amide bonds. The molecule has 5 nitrogen and oxygen atoms in total. The number of Topliss-reactive ketones (excluding diaryl/α,β-unsaturated/α-hetero) is 1. The number of fused-ring (bicyclic) bond motifs is 1. The lowest BCUT2D eigenvalue weighted by molar-refractivity contribution is 0.0810. The Kier molecular flexibility index (Phi) is 3.82. The first kappa shape index (κ1) is 16.4. The highest BCUT2D eigenvalue weighted by atomic mass is 16.2. The summed E-state index contributed by atoms with van der Waals surface area (Å²) in [6.07, 6.45) is 3.08. The molecule has 1 aromatic carbocycles. The van der Waals surface area contributed by atoms with E-state index in [1.165, 1.54) is 10.9 Å². The van der Waals surface area contributed by atoms with E-state index < -0.39 is 5.41 Å². The number of H-pyrrole nitrogens is 1. The number of rotatable bonds is 3. The van der Waals surface area contributed by atoms with E-state index in [9.17, 15) is 14.4 Å². The molecule has 0 atom stereocenters. The fourth-order valence-electron chi connectivity index (χ4n) is 3.39. The first-order chi connectivity index (χ1) is 11.3. The molecule has 0 aliphatic heterocycles. The van der Waals surface area contributed by atoms with Crippen molar-refractivity contribution < 1.29 is 9.59 Å². The van der Waals surface area contributed by atoms with Crippen LogP contribution in [0.2, 0.25) is 0 Å². The van der Waals surface area contributed by atoms with Gasteiger partial charge in [0.2, 0.25) is 0 Å². The van der Waals surface area contributed by atoms with E-state index in [0.717, 1.165) is 18.4 Å². The van der Waals surface area contributed by atoms with Crippen LogP contribution >= 0.6 is 0 Å². The van der Waals surface area contributed by atoms with Gasteiger partial charge >= 0.3 is 0 Å². The Morgan fingerprint density at radius 3 is 2.58 bits per heavy atom. The van der Waals surface area contributed by atoms with E-state index in [2.05, 4.69) is 5.10 Å². The van der Waals surface area contributed by atoms with Gasteiger partial charge in [-0.2, -0.15) is 0 Å². The standard InChI is InChI=1S/C19H22N2O3/c1-5-21-18(24)14(10-20-21)16(22)13-7-6-12-8-9-19(3,4)17(23)15(12)11(13)2/h6-7,10,20H,5,8-9H2,1-4H3. The first-order valence-corrected chi connectivity index (χ1v) is 8.28. The minimum absolute atomic E-state index is 0.0796. The van der Waals surface area contributed by atoms with E-state index >= 15 is 0 Å². The molecule has 1 aliphatic rings. The van der Waals surface area contributed by atoms with Crippen molar-refractivity contribution in [2.24, 2.45) is 5.41 Å². The Hall–Kier alpha value is -2.43. The van der Waals surface area contributed by atoms with E-state index in [1.54, 1.807) is 13.0 Å². The molecule has 0 saturated heterocycles. The summed E-state index contributed by atoms with van der Waals surface area (Å²) >= 11 is 0. The van der Waals surface area contributed by atoms with Crippen molar-refractivity contribution in [1.29, 1.82) is 0 Å². The highest BCUT2D eigenvalue weighted by molar-refractivity contribution is 6.12. The molecule has 3 rings (SSSR count). The van der Waals surface area contributed by atoms with Crippen molar-refractivity contribution in [1.82, 2.24) is 9.78 Å². The van der Waals surface area contributed by atoms with E-state index in [4.69, 9.17) is 0 Å². The number of hydrogen-bond acceptors (Lipinski definition) is 3. The average Bonchev–Trinajstić information content (AvgIpc) is 2.91. The van der Waals surface area contributed by atoms with Gasteiger partial charge in [0.25, 0.3) is 5.56 Å². The molecule has 1 N–H and O–H groups in total. The van der Waals surface area contributed by atoms with Crippen molar-refractivity contribution in [2.45, 2.75) is 47.1 Å². The Labute approximate surface area is 140 Å². The van der Waals surface area contributed by atoms with Crippen molar-refractivity contribution in [3.8, 4) is 0 Å². The Bertz CT molecular complexity index is 900. The minimum Gasteiger partial charge on any atom is -0.302 e. The predicted octanol–water partition coefficient (Wildman–Crippen LogP) is 2.89. The van der Waals surface area contributed by atoms with Gasteiger partial charge in [-0.1, -0.05) is 26.0 Å². The number of hydrogen-bond donors (Lipinski definition) is 1. The lowest BCUT2D eigenvalue weighted by Gasteiger charge is -2.31. The molecule has 0 unspecified atom stereocenters. The molecule has 1 aliphatic carbocycles. The Morgan fingerprint density at radius 2 is 1.96 bits per heavy atom. The topological polar surface area (TPSA) is 71.9 Å². The smallest absolute Gasteiger partial charge is 0.277 e. The van der Waals surface area contributed by atoms with Crippen molar-refractivity contribution >= 4 is 11.6 Å². The number of carbonyl (C=O) groups excluding carboxylic acids is 2. The molecular weight excluding hydrogens is 304 g/mol. The van der Waals surface area contributed by atoms with Crippen LogP contribution in [-0.2, 0) is 13.0 Å². The van der Waals surface area contributed by atoms with Gasteiger partial charge in [-0.25, -0.2) is 0 Å². The molecule has 0 fully saturated rings. The van der Waals surface area contributed by atoms with E-state index in [-0.39, 0.29) is 22.7 Å². The SMILES string of the molecule is CCn1[nH]cc(C(=O)c2ccc3c(c2C)C(=O)C(C)(C)CC3)c1=O. The summed E-state index contributed by atoms with van der Waals surface area (Å²) in [5.41, 5.74) is 2.13. The molecule has 126 valence electrons. The van der Waals surface area contributed by atoms with Crippen LogP contribution in [0.25, 0.3) is 0 Å². The molecule has 1 heterocycles. The second-order valence-corrected chi connectivity index (χ2v) is 7.05. The van der Waals surface area contributed by atoms with E-state index in [0.29, 0.717) is 23.2 Å². The van der Waals surface area contributed by atoms with Gasteiger partial charge in [-0.15, -0.1) is 0 Å². The second kappa shape index (κ2) is 5.58. The quantitative estimate of drug-likeness (QED) is 0.882. The van der Waals surface area contributed by atoms with Crippen LogP contribution in [0.5, 0.6) is 0 Å². The van der Waals surface area contributed by atoms with Gasteiger partial charge in [0, 0.05) is 29.3 Å². The molecular formula is C19H22N2O3. The fraction of sp³-hybridized carbons (Fsp3) is 0.421. The zero-order valence-electron chi connectivity index (χ0n) is 14.5. The Balaban J connectivity index is 2.12. The number of aryl methyl sites for hydroxylation is 2. The molecule has 0 spiro atoms. The molecule has 1 aromatic heterocycles. The van der Waals surface area contributed by atoms with Gasteiger partial charge < -0.3 is 5.10 Å². The van der Waals surface area contributed by atoms with Gasteiger partial charge in [-0.05, 0) is 37.8 Å². The minimum atomic E-state index is -0.414. The van der Waals surface area contributed by atoms with Crippen molar-refractivity contribution in [3.05, 3.63) is 56.5 Å². The third-order valence-electron chi connectivity index (χ3n) is 5.06. The molecule has 24 heavy (non-hydrogen) atoms. The number of nitrogens with zero attached hydrogens (tertiary/aromatic N) is 1. The zero-order valence-corrected chi connectivity index (χ0v) is 14.5. The molecule has 2 aromatic rings. The molecule has 0 saturated carbocycles. The van der Waals surface area contributed by atoms with Crippen molar-refractivity contribution in [2.75, 3.05) is 0 Å². The van der Waals surface area contributed by atoms with Crippen molar-refractivity contribution in [3.63, 3.8) is 0 Å². The molecule has 5 heteroatoms. The van der Waals surface area contributed by atoms with Gasteiger partial charge in [0.15, 0.2) is 11.6 Å². The number of aromatic nitrogens is 2. The highest BCUT2D eigenvalue weighted by Crippen LogP contribution is 2.37. The fourth-order valence-corrected chi connectivity index (χ4v) is 3.39. The maximum Gasteiger partial charge on any atom is 0.277 e. The number of ketones is 2. The summed E-state index contributed by atoms with van der Waals surface area (Å²) in [6, 6.07) is 3.60. The predicted molar refractivity (Wildman–Crippen MR) is 91.8 cm³/mol. The largest absolute Gasteiger partial charge is 0.302 e. The third-order valence-corrected chi connectivity index (χ3v) is 5.06. The summed E-state index contributed by atoms with van der Waals surface area (Å²) in [5, 5.41) is 2.79. The monoisotopic (exact) mass is 326 g/mol. The summed E-state index contributed by atoms with van der Waals surface area (Å²) < 4.78 is 1.38. The number of benzene rings is 1. The number of carbonyl (C=O) groups is 2. The summed E-state index contributed by atoms with van der Waals surface area (Å²) in [5.74, 6) is -0.254.